The van der Waals surface area contributed by atoms with Gasteiger partial charge in [0.05, 0.1) is 6.61 Å². The second-order valence-corrected chi connectivity index (χ2v) is 2.67. The molecule has 0 aliphatic heterocycles. The Kier molecular flexibility index (Phi) is 12.7. The van der Waals surface area contributed by atoms with Crippen molar-refractivity contribution in [2.45, 2.75) is 26.7 Å². The van der Waals surface area contributed by atoms with Crippen molar-refractivity contribution in [2.24, 2.45) is 5.92 Å². The van der Waals surface area contributed by atoms with Crippen molar-refractivity contribution in [1.29, 1.82) is 0 Å². The molecule has 0 N–H and O–H groups in total. The van der Waals surface area contributed by atoms with Gasteiger partial charge in [0.2, 0.25) is 0 Å². The number of hydrogen-bond acceptors (Lipinski definition) is 2. The molecule has 0 spiro atoms. The maximum atomic E-state index is 9.79. The van der Waals surface area contributed by atoms with Crippen molar-refractivity contribution in [1.82, 2.24) is 0 Å². The van der Waals surface area contributed by atoms with Gasteiger partial charge in [0.1, 0.15) is 0 Å². The second-order valence-electron chi connectivity index (χ2n) is 2.26. The second kappa shape index (κ2) is 9.59. The Hall–Kier alpha value is 0.592. The van der Waals surface area contributed by atoms with Crippen LogP contribution in [-0.4, -0.2) is 24.0 Å². The summed E-state index contributed by atoms with van der Waals surface area (Å²) >= 11 is 0. The molecule has 0 radical (unpaired) electrons. The Balaban J connectivity index is 0. The van der Waals surface area contributed by atoms with Gasteiger partial charge in [0.25, 0.3) is 0 Å². The molecule has 0 heterocycles. The van der Waals surface area contributed by atoms with Gasteiger partial charge in [-0.1, -0.05) is 20.3 Å². The summed E-state index contributed by atoms with van der Waals surface area (Å²) < 4.78 is 14.5. The summed E-state index contributed by atoms with van der Waals surface area (Å²) in [4.78, 5) is 0. The molecular weight excluding hydrogens is 162 g/mol. The van der Waals surface area contributed by atoms with Crippen LogP contribution in [0.1, 0.15) is 26.7 Å². The third kappa shape index (κ3) is 8.59. The topological polar surface area (TPSA) is 26.3 Å². The first-order valence-corrected chi connectivity index (χ1v) is 3.99. The predicted octanol–water partition coefficient (Wildman–Crippen LogP) is 1.46. The predicted molar refractivity (Wildman–Crippen MR) is 47.6 cm³/mol. The summed E-state index contributed by atoms with van der Waals surface area (Å²) in [6.07, 6.45) is 2.32. The average molecular weight is 178 g/mol. The Morgan fingerprint density at radius 2 is 2.20 bits per heavy atom. The maximum absolute atomic E-state index is 9.79. The summed E-state index contributed by atoms with van der Waals surface area (Å²) in [5, 5.41) is 0. The van der Waals surface area contributed by atoms with Crippen molar-refractivity contribution >= 4 is 26.0 Å². The largest absolute Gasteiger partial charge is 0.327 e. The summed E-state index contributed by atoms with van der Waals surface area (Å²) in [5.74, 6) is 0.538. The molecule has 1 unspecified atom stereocenters. The van der Waals surface area contributed by atoms with E-state index in [1.54, 1.807) is 0 Å². The fourth-order valence-corrected chi connectivity index (χ4v) is 1.05. The van der Waals surface area contributed by atoms with Crippen molar-refractivity contribution < 1.29 is 9.09 Å². The van der Waals surface area contributed by atoms with Crippen LogP contribution in [0, 0.1) is 5.92 Å². The van der Waals surface area contributed by atoms with Crippen molar-refractivity contribution in [3.63, 3.8) is 0 Å². The summed E-state index contributed by atoms with van der Waals surface area (Å²) in [6.45, 7) is 4.83. The molecule has 0 fully saturated rings. The zero-order valence-corrected chi connectivity index (χ0v) is 6.86. The highest BCUT2D eigenvalue weighted by atomic mass is 31.1. The molecule has 0 saturated carbocycles. The lowest BCUT2D eigenvalue weighted by Gasteiger charge is -2.04. The molecule has 0 aliphatic rings. The van der Waals surface area contributed by atoms with Gasteiger partial charge in [-0.05, 0) is 12.3 Å². The van der Waals surface area contributed by atoms with Crippen LogP contribution in [0.25, 0.3) is 0 Å². The molecule has 0 aromatic carbocycles. The minimum Gasteiger partial charge on any atom is -0.294 e. The van der Waals surface area contributed by atoms with Gasteiger partial charge in [0.15, 0.2) is 17.4 Å². The summed E-state index contributed by atoms with van der Waals surface area (Å²) in [5.41, 5.74) is 0. The molecule has 10 heavy (non-hydrogen) atoms. The van der Waals surface area contributed by atoms with E-state index in [1.165, 1.54) is 6.42 Å². The SMILES string of the molecule is CCCC(C)COP=O.[AlH3]. The standard InChI is InChI=1S/C6H13O2P.Al.3H/c1-3-4-6(2)5-8-9-7;;;;/h6H,3-5H2,1-2H3;;;;. The van der Waals surface area contributed by atoms with Crippen LogP contribution in [0.5, 0.6) is 0 Å². The molecule has 0 aromatic heterocycles. The fraction of sp³-hybridized carbons (Fsp3) is 1.00. The first-order chi connectivity index (χ1) is 4.31. The highest BCUT2D eigenvalue weighted by molar-refractivity contribution is 7.17. The lowest BCUT2D eigenvalue weighted by atomic mass is 10.1. The lowest BCUT2D eigenvalue weighted by Crippen LogP contribution is -1.99. The molecule has 4 heteroatoms. The monoisotopic (exact) mass is 178 g/mol. The third-order valence-electron chi connectivity index (χ3n) is 1.19. The van der Waals surface area contributed by atoms with Gasteiger partial charge in [0, 0.05) is 0 Å². The van der Waals surface area contributed by atoms with E-state index >= 15 is 0 Å². The minimum atomic E-state index is -0.195. The molecule has 2 nitrogen and oxygen atoms in total. The highest BCUT2D eigenvalue weighted by Gasteiger charge is 1.98. The van der Waals surface area contributed by atoms with Gasteiger partial charge in [-0.3, -0.25) is 4.52 Å². The molecule has 0 aliphatic carbocycles. The molecule has 0 saturated heterocycles. The normalized spacial score (nSPS) is 12.6. The van der Waals surface area contributed by atoms with Crippen molar-refractivity contribution in [3.8, 4) is 0 Å². The molecule has 0 amide bonds. The van der Waals surface area contributed by atoms with Crippen LogP contribution in [0.15, 0.2) is 0 Å². The van der Waals surface area contributed by atoms with Crippen LogP contribution in [0.2, 0.25) is 0 Å². The van der Waals surface area contributed by atoms with Crippen LogP contribution in [0.4, 0.5) is 0 Å². The van der Waals surface area contributed by atoms with E-state index in [2.05, 4.69) is 18.4 Å². The third-order valence-corrected chi connectivity index (χ3v) is 1.45. The van der Waals surface area contributed by atoms with Crippen molar-refractivity contribution in [3.05, 3.63) is 0 Å². The van der Waals surface area contributed by atoms with Crippen LogP contribution in [0.3, 0.4) is 0 Å². The molecule has 0 bridgehead atoms. The van der Waals surface area contributed by atoms with Crippen molar-refractivity contribution in [2.75, 3.05) is 6.61 Å². The van der Waals surface area contributed by atoms with Crippen LogP contribution >= 0.6 is 8.69 Å². The molecule has 0 aromatic rings. The number of hydrogen-bond donors (Lipinski definition) is 0. The van der Waals surface area contributed by atoms with Gasteiger partial charge in [-0.15, -0.1) is 0 Å². The minimum absolute atomic E-state index is 0. The zero-order valence-electron chi connectivity index (χ0n) is 5.96. The summed E-state index contributed by atoms with van der Waals surface area (Å²) in [7, 11) is -0.195. The summed E-state index contributed by atoms with van der Waals surface area (Å²) in [6, 6.07) is 0. The van der Waals surface area contributed by atoms with E-state index in [9.17, 15) is 4.57 Å². The Morgan fingerprint density at radius 3 is 2.60 bits per heavy atom. The quantitative estimate of drug-likeness (QED) is 0.470. The smallest absolute Gasteiger partial charge is 0.294 e. The van der Waals surface area contributed by atoms with E-state index in [0.29, 0.717) is 12.5 Å². The van der Waals surface area contributed by atoms with Gasteiger partial charge in [-0.2, -0.15) is 0 Å². The van der Waals surface area contributed by atoms with Crippen LogP contribution < -0.4 is 0 Å². The van der Waals surface area contributed by atoms with E-state index in [1.807, 2.05) is 0 Å². The zero-order chi connectivity index (χ0) is 7.11. The van der Waals surface area contributed by atoms with Gasteiger partial charge >= 0.3 is 8.69 Å². The van der Waals surface area contributed by atoms with E-state index in [0.717, 1.165) is 6.42 Å². The maximum Gasteiger partial charge on any atom is 0.327 e. The molecule has 1 atom stereocenters. The molecular formula is C6H16AlO2P. The van der Waals surface area contributed by atoms with Crippen LogP contribution in [-0.2, 0) is 9.09 Å². The molecule has 0 rings (SSSR count). The Labute approximate surface area is 74.8 Å². The first kappa shape index (κ1) is 13.2. The number of rotatable bonds is 5. The van der Waals surface area contributed by atoms with E-state index in [4.69, 9.17) is 0 Å². The molecule has 60 valence electrons. The fourth-order valence-electron chi connectivity index (χ4n) is 0.734. The van der Waals surface area contributed by atoms with Gasteiger partial charge < -0.3 is 0 Å². The Bertz CT molecular complexity index is 80.1. The van der Waals surface area contributed by atoms with E-state index < -0.39 is 0 Å². The highest BCUT2D eigenvalue weighted by Crippen LogP contribution is 2.07. The van der Waals surface area contributed by atoms with E-state index in [-0.39, 0.29) is 26.0 Å². The average Bonchev–Trinajstić information content (AvgIpc) is 1.85. The first-order valence-electron chi connectivity index (χ1n) is 3.25. The Morgan fingerprint density at radius 1 is 1.60 bits per heavy atom. The van der Waals surface area contributed by atoms with Gasteiger partial charge in [-0.25, -0.2) is 4.57 Å². The lowest BCUT2D eigenvalue weighted by molar-refractivity contribution is 0.272.